The summed E-state index contributed by atoms with van der Waals surface area (Å²) in [6, 6.07) is 16.0. The molecule has 2 heterocycles. The van der Waals surface area contributed by atoms with Crippen molar-refractivity contribution in [1.29, 1.82) is 0 Å². The number of hydrogen-bond acceptors (Lipinski definition) is 6. The molecule has 1 N–H and O–H groups in total. The third-order valence-electron chi connectivity index (χ3n) is 5.65. The molecule has 0 saturated carbocycles. The highest BCUT2D eigenvalue weighted by atomic mass is 32.1. The summed E-state index contributed by atoms with van der Waals surface area (Å²) in [7, 11) is 1.67. The van der Waals surface area contributed by atoms with Crippen LogP contribution in [-0.4, -0.2) is 37.1 Å². The van der Waals surface area contributed by atoms with Gasteiger partial charge >= 0.3 is 0 Å². The number of ether oxygens (including phenoxy) is 2. The molecule has 1 amide bonds. The van der Waals surface area contributed by atoms with Crippen LogP contribution in [0.1, 0.15) is 29.1 Å². The summed E-state index contributed by atoms with van der Waals surface area (Å²) in [6.07, 6.45) is 5.23. The lowest BCUT2D eigenvalue weighted by Crippen LogP contribution is -2.44. The number of aryl methyl sites for hydroxylation is 1. The molecule has 1 fully saturated rings. The van der Waals surface area contributed by atoms with Gasteiger partial charge in [-0.1, -0.05) is 18.2 Å². The van der Waals surface area contributed by atoms with E-state index in [1.54, 1.807) is 24.5 Å². The molecule has 1 aliphatic rings. The number of carbonyl (C=O) groups is 1. The fraction of sp³-hybridized carbons (Fsp3) is 0.308. The van der Waals surface area contributed by atoms with Crippen molar-refractivity contribution in [3.8, 4) is 11.5 Å². The van der Waals surface area contributed by atoms with Crippen LogP contribution in [0.2, 0.25) is 0 Å². The Hall–Kier alpha value is -3.32. The average molecular weight is 464 g/mol. The molecular weight excluding hydrogens is 434 g/mol. The van der Waals surface area contributed by atoms with Gasteiger partial charge in [-0.2, -0.15) is 0 Å². The summed E-state index contributed by atoms with van der Waals surface area (Å²) in [5, 5.41) is 6.16. The van der Waals surface area contributed by atoms with Gasteiger partial charge in [0.1, 0.15) is 18.1 Å². The van der Waals surface area contributed by atoms with Gasteiger partial charge in [-0.25, -0.2) is 4.98 Å². The molecule has 3 aromatic rings. The molecule has 0 aliphatic carbocycles. The molecule has 33 heavy (non-hydrogen) atoms. The number of nitrogens with zero attached hydrogens (tertiary/aromatic N) is 2. The average Bonchev–Trinajstić information content (AvgIpc) is 3.27. The van der Waals surface area contributed by atoms with Crippen LogP contribution in [0.25, 0.3) is 6.08 Å². The van der Waals surface area contributed by atoms with E-state index in [1.165, 1.54) is 5.69 Å². The first-order valence-corrected chi connectivity index (χ1v) is 12.0. The minimum Gasteiger partial charge on any atom is -0.497 e. The maximum absolute atomic E-state index is 12.5. The Kier molecular flexibility index (Phi) is 7.62. The fourth-order valence-electron chi connectivity index (χ4n) is 3.87. The van der Waals surface area contributed by atoms with Crippen molar-refractivity contribution >= 4 is 29.0 Å². The highest BCUT2D eigenvalue weighted by molar-refractivity contribution is 7.09. The maximum Gasteiger partial charge on any atom is 0.244 e. The number of rotatable bonds is 8. The van der Waals surface area contributed by atoms with E-state index in [0.29, 0.717) is 6.61 Å². The van der Waals surface area contributed by atoms with Gasteiger partial charge in [-0.3, -0.25) is 4.79 Å². The SMILES string of the molecule is COc1ccc(N2CCC(NC(=O)/C=C/c3ccccc3OCc3csc(C)n3)CC2)cc1. The van der Waals surface area contributed by atoms with Gasteiger partial charge in [0.05, 0.1) is 17.8 Å². The minimum absolute atomic E-state index is 0.0807. The molecule has 6 nitrogen and oxygen atoms in total. The zero-order valence-corrected chi connectivity index (χ0v) is 19.8. The van der Waals surface area contributed by atoms with Crippen LogP contribution in [0.5, 0.6) is 11.5 Å². The predicted octanol–water partition coefficient (Wildman–Crippen LogP) is 4.84. The van der Waals surface area contributed by atoms with Crippen molar-refractivity contribution < 1.29 is 14.3 Å². The number of nitrogens with one attached hydrogen (secondary N) is 1. The van der Waals surface area contributed by atoms with Crippen molar-refractivity contribution in [2.45, 2.75) is 32.4 Å². The number of aromatic nitrogens is 1. The van der Waals surface area contributed by atoms with Crippen LogP contribution in [0, 0.1) is 6.92 Å². The van der Waals surface area contributed by atoms with E-state index in [1.807, 2.05) is 54.8 Å². The molecule has 0 atom stereocenters. The summed E-state index contributed by atoms with van der Waals surface area (Å²) >= 11 is 1.61. The second-order valence-electron chi connectivity index (χ2n) is 7.99. The van der Waals surface area contributed by atoms with E-state index in [0.717, 1.165) is 53.7 Å². The van der Waals surface area contributed by atoms with Gasteiger partial charge in [0.25, 0.3) is 0 Å². The second-order valence-corrected chi connectivity index (χ2v) is 9.05. The first-order valence-electron chi connectivity index (χ1n) is 11.1. The van der Waals surface area contributed by atoms with E-state index < -0.39 is 0 Å². The number of hydrogen-bond donors (Lipinski definition) is 1. The Labute approximate surface area is 198 Å². The van der Waals surface area contributed by atoms with Gasteiger partial charge in [-0.15, -0.1) is 11.3 Å². The number of anilines is 1. The number of para-hydroxylation sites is 1. The molecular formula is C26H29N3O3S. The van der Waals surface area contributed by atoms with Crippen molar-refractivity contribution in [2.75, 3.05) is 25.1 Å². The van der Waals surface area contributed by atoms with Crippen molar-refractivity contribution in [1.82, 2.24) is 10.3 Å². The molecule has 7 heteroatoms. The van der Waals surface area contributed by atoms with Gasteiger partial charge in [-0.05, 0) is 56.2 Å². The van der Waals surface area contributed by atoms with Crippen molar-refractivity contribution in [3.05, 3.63) is 76.3 Å². The Morgan fingerprint density at radius 1 is 1.18 bits per heavy atom. The topological polar surface area (TPSA) is 63.7 Å². The van der Waals surface area contributed by atoms with E-state index in [2.05, 4.69) is 27.3 Å². The normalized spacial score (nSPS) is 14.4. The van der Waals surface area contributed by atoms with Crippen LogP contribution in [0.15, 0.2) is 60.0 Å². The molecule has 0 unspecified atom stereocenters. The predicted molar refractivity (Wildman–Crippen MR) is 133 cm³/mol. The summed E-state index contributed by atoms with van der Waals surface area (Å²) in [6.45, 7) is 4.21. The number of piperidine rings is 1. The van der Waals surface area contributed by atoms with Gasteiger partial charge in [0.2, 0.25) is 5.91 Å². The van der Waals surface area contributed by atoms with E-state index >= 15 is 0 Å². The monoisotopic (exact) mass is 463 g/mol. The Bertz CT molecular complexity index is 1090. The van der Waals surface area contributed by atoms with Crippen molar-refractivity contribution in [2.24, 2.45) is 0 Å². The second kappa shape index (κ2) is 11.0. The molecule has 1 aromatic heterocycles. The molecule has 1 aliphatic heterocycles. The maximum atomic E-state index is 12.5. The Morgan fingerprint density at radius 3 is 2.64 bits per heavy atom. The zero-order valence-electron chi connectivity index (χ0n) is 19.0. The standard InChI is InChI=1S/C26H29N3O3S/c1-19-27-22(18-33-19)17-32-25-6-4-3-5-20(25)7-12-26(30)28-21-13-15-29(16-14-21)23-8-10-24(31-2)11-9-23/h3-12,18,21H,13-17H2,1-2H3,(H,28,30)/b12-7+. The van der Waals surface area contributed by atoms with Gasteiger partial charge in [0, 0.05) is 41.8 Å². The van der Waals surface area contributed by atoms with Crippen LogP contribution < -0.4 is 19.7 Å². The first kappa shape index (κ1) is 22.9. The summed E-state index contributed by atoms with van der Waals surface area (Å²) < 4.78 is 11.2. The Balaban J connectivity index is 1.27. The van der Waals surface area contributed by atoms with Gasteiger partial charge < -0.3 is 19.7 Å². The number of thiazole rings is 1. The van der Waals surface area contributed by atoms with Crippen LogP contribution in [0.4, 0.5) is 5.69 Å². The molecule has 0 spiro atoms. The summed E-state index contributed by atoms with van der Waals surface area (Å²) in [5.74, 6) is 1.51. The minimum atomic E-state index is -0.0807. The molecule has 2 aromatic carbocycles. The third-order valence-corrected chi connectivity index (χ3v) is 6.48. The smallest absolute Gasteiger partial charge is 0.244 e. The summed E-state index contributed by atoms with van der Waals surface area (Å²) in [4.78, 5) is 19.3. The zero-order chi connectivity index (χ0) is 23.0. The third kappa shape index (κ3) is 6.35. The number of amides is 1. The molecule has 1 saturated heterocycles. The molecule has 0 bridgehead atoms. The van der Waals surface area contributed by atoms with E-state index in [-0.39, 0.29) is 11.9 Å². The van der Waals surface area contributed by atoms with Crippen LogP contribution >= 0.6 is 11.3 Å². The fourth-order valence-corrected chi connectivity index (χ4v) is 4.46. The lowest BCUT2D eigenvalue weighted by atomic mass is 10.0. The van der Waals surface area contributed by atoms with E-state index in [4.69, 9.17) is 9.47 Å². The molecule has 4 rings (SSSR count). The number of carbonyl (C=O) groups excluding carboxylic acids is 1. The number of benzene rings is 2. The number of methoxy groups -OCH3 is 1. The largest absolute Gasteiger partial charge is 0.497 e. The highest BCUT2D eigenvalue weighted by Gasteiger charge is 2.20. The van der Waals surface area contributed by atoms with Crippen molar-refractivity contribution in [3.63, 3.8) is 0 Å². The molecule has 172 valence electrons. The van der Waals surface area contributed by atoms with Crippen LogP contribution in [0.3, 0.4) is 0 Å². The van der Waals surface area contributed by atoms with Crippen LogP contribution in [-0.2, 0) is 11.4 Å². The first-order chi connectivity index (χ1) is 16.1. The summed E-state index contributed by atoms with van der Waals surface area (Å²) in [5.41, 5.74) is 2.97. The highest BCUT2D eigenvalue weighted by Crippen LogP contribution is 2.23. The Morgan fingerprint density at radius 2 is 1.94 bits per heavy atom. The quantitative estimate of drug-likeness (QED) is 0.485. The molecule has 0 radical (unpaired) electrons. The lowest BCUT2D eigenvalue weighted by Gasteiger charge is -2.33. The van der Waals surface area contributed by atoms with Gasteiger partial charge in [0.15, 0.2) is 0 Å². The van der Waals surface area contributed by atoms with E-state index in [9.17, 15) is 4.79 Å². The lowest BCUT2D eigenvalue weighted by molar-refractivity contribution is -0.117.